The molecule has 0 aliphatic heterocycles. The molecule has 0 spiro atoms. The second-order valence-corrected chi connectivity index (χ2v) is 6.13. The molecule has 120 valence electrons. The average Bonchev–Trinajstić information content (AvgIpc) is 3.34. The van der Waals surface area contributed by atoms with E-state index >= 15 is 0 Å². The zero-order chi connectivity index (χ0) is 16.4. The number of anilines is 1. The summed E-state index contributed by atoms with van der Waals surface area (Å²) in [5, 5.41) is 0. The van der Waals surface area contributed by atoms with Crippen LogP contribution in [0.2, 0.25) is 0 Å². The van der Waals surface area contributed by atoms with E-state index in [1.807, 2.05) is 43.3 Å². The minimum absolute atomic E-state index is 0.105. The van der Waals surface area contributed by atoms with Gasteiger partial charge in [-0.05, 0) is 36.1 Å². The number of carbonyl (C=O) groups excluding carboxylic acids is 1. The molecule has 0 saturated heterocycles. The van der Waals surface area contributed by atoms with Crippen LogP contribution in [0.3, 0.4) is 0 Å². The first-order chi connectivity index (χ1) is 11.1. The van der Waals surface area contributed by atoms with Crippen molar-refractivity contribution in [3.05, 3.63) is 65.5 Å². The third-order valence-electron chi connectivity index (χ3n) is 4.23. The Morgan fingerprint density at radius 2 is 1.87 bits per heavy atom. The largest absolute Gasteiger partial charge is 0.460 e. The zero-order valence-electron chi connectivity index (χ0n) is 13.3. The maximum absolute atomic E-state index is 12.9. The predicted octanol–water partition coefficient (Wildman–Crippen LogP) is 3.74. The van der Waals surface area contributed by atoms with Crippen molar-refractivity contribution in [1.82, 2.24) is 0 Å². The molecule has 3 rings (SSSR count). The fourth-order valence-corrected chi connectivity index (χ4v) is 2.86. The molecule has 3 nitrogen and oxygen atoms in total. The lowest BCUT2D eigenvalue weighted by atomic mass is 10.1. The Labute approximate surface area is 135 Å². The highest BCUT2D eigenvalue weighted by atomic mass is 19.1. The summed E-state index contributed by atoms with van der Waals surface area (Å²) in [5.41, 5.74) is 3.04. The van der Waals surface area contributed by atoms with Gasteiger partial charge in [0.15, 0.2) is 0 Å². The lowest BCUT2D eigenvalue weighted by Gasteiger charge is -2.17. The lowest BCUT2D eigenvalue weighted by molar-refractivity contribution is -0.146. The quantitative estimate of drug-likeness (QED) is 0.788. The minimum Gasteiger partial charge on any atom is -0.460 e. The number of halogens is 1. The van der Waals surface area contributed by atoms with Crippen LogP contribution in [0.1, 0.15) is 23.5 Å². The molecule has 2 atom stereocenters. The van der Waals surface area contributed by atoms with Crippen LogP contribution in [0.25, 0.3) is 0 Å². The van der Waals surface area contributed by atoms with E-state index in [-0.39, 0.29) is 30.2 Å². The zero-order valence-corrected chi connectivity index (χ0v) is 13.3. The molecule has 0 heterocycles. The smallest absolute Gasteiger partial charge is 0.309 e. The molecular weight excluding hydrogens is 293 g/mol. The SMILES string of the molecule is CN(C)c1ccccc1COC(=O)C1CC1c1ccc(F)cc1. The van der Waals surface area contributed by atoms with Gasteiger partial charge >= 0.3 is 5.97 Å². The second kappa shape index (κ2) is 6.41. The van der Waals surface area contributed by atoms with E-state index in [0.29, 0.717) is 0 Å². The summed E-state index contributed by atoms with van der Waals surface area (Å²) in [6.07, 6.45) is 0.778. The van der Waals surface area contributed by atoms with Crippen molar-refractivity contribution in [2.24, 2.45) is 5.92 Å². The molecule has 1 aliphatic carbocycles. The van der Waals surface area contributed by atoms with Crippen LogP contribution in [0.4, 0.5) is 10.1 Å². The van der Waals surface area contributed by atoms with Crippen molar-refractivity contribution in [2.45, 2.75) is 18.9 Å². The normalized spacial score (nSPS) is 19.3. The van der Waals surface area contributed by atoms with E-state index in [2.05, 4.69) is 0 Å². The van der Waals surface area contributed by atoms with Gasteiger partial charge in [-0.2, -0.15) is 0 Å². The summed E-state index contributed by atoms with van der Waals surface area (Å²) >= 11 is 0. The maximum Gasteiger partial charge on any atom is 0.309 e. The lowest BCUT2D eigenvalue weighted by Crippen LogP contribution is -2.13. The Bertz CT molecular complexity index is 697. The molecule has 2 aromatic rings. The Morgan fingerprint density at radius 1 is 1.17 bits per heavy atom. The molecule has 1 saturated carbocycles. The first-order valence-electron chi connectivity index (χ1n) is 7.73. The van der Waals surface area contributed by atoms with Crippen molar-refractivity contribution in [1.29, 1.82) is 0 Å². The van der Waals surface area contributed by atoms with Gasteiger partial charge in [0.05, 0.1) is 5.92 Å². The van der Waals surface area contributed by atoms with Gasteiger partial charge in [-0.3, -0.25) is 4.79 Å². The summed E-state index contributed by atoms with van der Waals surface area (Å²) in [6, 6.07) is 14.2. The van der Waals surface area contributed by atoms with Crippen LogP contribution < -0.4 is 4.90 Å². The molecule has 23 heavy (non-hydrogen) atoms. The molecular formula is C19H20FNO2. The van der Waals surface area contributed by atoms with Gasteiger partial charge < -0.3 is 9.64 Å². The molecule has 0 amide bonds. The number of hydrogen-bond donors (Lipinski definition) is 0. The van der Waals surface area contributed by atoms with Crippen molar-refractivity contribution >= 4 is 11.7 Å². The van der Waals surface area contributed by atoms with E-state index in [0.717, 1.165) is 23.2 Å². The second-order valence-electron chi connectivity index (χ2n) is 6.13. The summed E-state index contributed by atoms with van der Waals surface area (Å²) in [5.74, 6) is -0.374. The third-order valence-corrected chi connectivity index (χ3v) is 4.23. The number of esters is 1. The summed E-state index contributed by atoms with van der Waals surface area (Å²) < 4.78 is 18.4. The highest BCUT2D eigenvalue weighted by Crippen LogP contribution is 2.48. The first-order valence-corrected chi connectivity index (χ1v) is 7.73. The summed E-state index contributed by atoms with van der Waals surface area (Å²) in [7, 11) is 3.93. The highest BCUT2D eigenvalue weighted by Gasteiger charge is 2.45. The Kier molecular flexibility index (Phi) is 4.33. The molecule has 0 bridgehead atoms. The standard InChI is InChI=1S/C19H20FNO2/c1-21(2)18-6-4-3-5-14(18)12-23-19(22)17-11-16(17)13-7-9-15(20)10-8-13/h3-10,16-17H,11-12H2,1-2H3. The third kappa shape index (κ3) is 3.52. The highest BCUT2D eigenvalue weighted by molar-refractivity contribution is 5.77. The fourth-order valence-electron chi connectivity index (χ4n) is 2.86. The van der Waals surface area contributed by atoms with Gasteiger partial charge in [0, 0.05) is 25.3 Å². The van der Waals surface area contributed by atoms with E-state index in [4.69, 9.17) is 4.74 Å². The molecule has 0 N–H and O–H groups in total. The molecule has 2 aromatic carbocycles. The minimum atomic E-state index is -0.256. The maximum atomic E-state index is 12.9. The van der Waals surface area contributed by atoms with Crippen LogP contribution in [0.15, 0.2) is 48.5 Å². The molecule has 4 heteroatoms. The van der Waals surface area contributed by atoms with E-state index in [9.17, 15) is 9.18 Å². The van der Waals surface area contributed by atoms with E-state index < -0.39 is 0 Å². The topological polar surface area (TPSA) is 29.5 Å². The number of carbonyl (C=O) groups is 1. The summed E-state index contributed by atoms with van der Waals surface area (Å²) in [6.45, 7) is 0.278. The molecule has 0 aromatic heterocycles. The Balaban J connectivity index is 1.58. The number of nitrogens with zero attached hydrogens (tertiary/aromatic N) is 1. The predicted molar refractivity (Wildman–Crippen MR) is 87.8 cm³/mol. The van der Waals surface area contributed by atoms with E-state index in [1.54, 1.807) is 12.1 Å². The van der Waals surface area contributed by atoms with Crippen LogP contribution in [0.5, 0.6) is 0 Å². The first kappa shape index (κ1) is 15.5. The molecule has 0 radical (unpaired) electrons. The van der Waals surface area contributed by atoms with Gasteiger partial charge in [0.25, 0.3) is 0 Å². The fraction of sp³-hybridized carbons (Fsp3) is 0.316. The molecule has 1 aliphatic rings. The van der Waals surface area contributed by atoms with Crippen molar-refractivity contribution in [3.63, 3.8) is 0 Å². The molecule has 2 unspecified atom stereocenters. The van der Waals surface area contributed by atoms with Gasteiger partial charge in [-0.15, -0.1) is 0 Å². The van der Waals surface area contributed by atoms with Crippen LogP contribution in [0, 0.1) is 11.7 Å². The Morgan fingerprint density at radius 3 is 2.57 bits per heavy atom. The van der Waals surface area contributed by atoms with Crippen molar-refractivity contribution in [3.8, 4) is 0 Å². The average molecular weight is 313 g/mol. The number of hydrogen-bond acceptors (Lipinski definition) is 3. The Hall–Kier alpha value is -2.36. The van der Waals surface area contributed by atoms with Gasteiger partial charge in [-0.25, -0.2) is 4.39 Å². The van der Waals surface area contributed by atoms with E-state index in [1.165, 1.54) is 12.1 Å². The molecule has 1 fully saturated rings. The van der Waals surface area contributed by atoms with Crippen molar-refractivity contribution < 1.29 is 13.9 Å². The number of rotatable bonds is 5. The van der Waals surface area contributed by atoms with Crippen molar-refractivity contribution in [2.75, 3.05) is 19.0 Å². The van der Waals surface area contributed by atoms with Crippen LogP contribution in [-0.2, 0) is 16.1 Å². The van der Waals surface area contributed by atoms with Gasteiger partial charge in [0.1, 0.15) is 12.4 Å². The number of benzene rings is 2. The van der Waals surface area contributed by atoms with Crippen LogP contribution in [-0.4, -0.2) is 20.1 Å². The van der Waals surface area contributed by atoms with Crippen LogP contribution >= 0.6 is 0 Å². The number of ether oxygens (including phenoxy) is 1. The monoisotopic (exact) mass is 313 g/mol. The number of para-hydroxylation sites is 1. The van der Waals surface area contributed by atoms with Gasteiger partial charge in [0.2, 0.25) is 0 Å². The van der Waals surface area contributed by atoms with Gasteiger partial charge in [-0.1, -0.05) is 30.3 Å². The summed E-state index contributed by atoms with van der Waals surface area (Å²) in [4.78, 5) is 14.2.